The quantitative estimate of drug-likeness (QED) is 0.318. The standard InChI is InChI=1S/C30H26O/c31-19-18-30-23-9-4-2-7-21(23)13-15-28(30)25-11-5-10-24-27-14-12-20-6-1-3-8-22(20)26(27)16-17-29(24)25/h1-4,6-9,12-17,25,31H,5,10-11,18-19H2. The number of benzene rings is 5. The molecule has 1 aliphatic carbocycles. The molecule has 0 amide bonds. The number of hydrogen-bond donors (Lipinski definition) is 1. The van der Waals surface area contributed by atoms with Crippen molar-refractivity contribution in [2.24, 2.45) is 0 Å². The van der Waals surface area contributed by atoms with Crippen molar-refractivity contribution in [1.29, 1.82) is 0 Å². The largest absolute Gasteiger partial charge is 0.396 e. The minimum atomic E-state index is 0.185. The van der Waals surface area contributed by atoms with Crippen molar-refractivity contribution < 1.29 is 5.11 Å². The molecule has 1 heteroatoms. The van der Waals surface area contributed by atoms with E-state index in [2.05, 4.69) is 84.9 Å². The highest BCUT2D eigenvalue weighted by Gasteiger charge is 2.26. The van der Waals surface area contributed by atoms with Crippen LogP contribution in [0, 0.1) is 0 Å². The molecule has 5 aromatic rings. The molecule has 0 fully saturated rings. The van der Waals surface area contributed by atoms with Gasteiger partial charge in [-0.2, -0.15) is 0 Å². The summed E-state index contributed by atoms with van der Waals surface area (Å²) in [6.45, 7) is 0.185. The number of hydrogen-bond acceptors (Lipinski definition) is 1. The Balaban J connectivity index is 1.58. The van der Waals surface area contributed by atoms with E-state index in [4.69, 9.17) is 0 Å². The van der Waals surface area contributed by atoms with Gasteiger partial charge < -0.3 is 5.11 Å². The van der Waals surface area contributed by atoms with Crippen LogP contribution < -0.4 is 0 Å². The van der Waals surface area contributed by atoms with Gasteiger partial charge >= 0.3 is 0 Å². The summed E-state index contributed by atoms with van der Waals surface area (Å²) in [5.41, 5.74) is 5.71. The first kappa shape index (κ1) is 18.6. The van der Waals surface area contributed by atoms with Crippen molar-refractivity contribution in [3.8, 4) is 0 Å². The molecular formula is C30H26O. The molecule has 1 atom stereocenters. The molecule has 0 spiro atoms. The van der Waals surface area contributed by atoms with Gasteiger partial charge in [0.15, 0.2) is 0 Å². The van der Waals surface area contributed by atoms with Gasteiger partial charge in [-0.25, -0.2) is 0 Å². The molecule has 0 saturated heterocycles. The van der Waals surface area contributed by atoms with Gasteiger partial charge in [0, 0.05) is 12.5 Å². The first-order valence-corrected chi connectivity index (χ1v) is 11.4. The van der Waals surface area contributed by atoms with Crippen molar-refractivity contribution in [3.05, 3.63) is 107 Å². The second-order valence-electron chi connectivity index (χ2n) is 8.79. The molecule has 0 aliphatic heterocycles. The molecule has 152 valence electrons. The van der Waals surface area contributed by atoms with E-state index in [1.807, 2.05) is 0 Å². The average Bonchev–Trinajstić information content (AvgIpc) is 2.83. The van der Waals surface area contributed by atoms with E-state index in [1.165, 1.54) is 67.4 Å². The third-order valence-corrected chi connectivity index (χ3v) is 7.18. The van der Waals surface area contributed by atoms with Gasteiger partial charge in [0.25, 0.3) is 0 Å². The molecule has 0 aromatic heterocycles. The van der Waals surface area contributed by atoms with Gasteiger partial charge in [0.2, 0.25) is 0 Å². The fourth-order valence-corrected chi connectivity index (χ4v) is 5.80. The third-order valence-electron chi connectivity index (χ3n) is 7.18. The van der Waals surface area contributed by atoms with Gasteiger partial charge in [-0.15, -0.1) is 0 Å². The summed E-state index contributed by atoms with van der Waals surface area (Å²) < 4.78 is 0. The number of fused-ring (bicyclic) bond motifs is 6. The number of aryl methyl sites for hydroxylation is 1. The highest BCUT2D eigenvalue weighted by atomic mass is 16.2. The maximum atomic E-state index is 9.84. The van der Waals surface area contributed by atoms with E-state index in [0.29, 0.717) is 12.3 Å². The molecule has 1 N–H and O–H groups in total. The van der Waals surface area contributed by atoms with Crippen LogP contribution in [0.5, 0.6) is 0 Å². The number of rotatable bonds is 3. The lowest BCUT2D eigenvalue weighted by molar-refractivity contribution is 0.299. The first-order valence-electron chi connectivity index (χ1n) is 11.4. The molecule has 6 rings (SSSR count). The van der Waals surface area contributed by atoms with Crippen molar-refractivity contribution >= 4 is 32.3 Å². The maximum Gasteiger partial charge on any atom is 0.0471 e. The van der Waals surface area contributed by atoms with E-state index in [0.717, 1.165) is 6.42 Å². The van der Waals surface area contributed by atoms with Crippen LogP contribution in [0.1, 0.15) is 41.0 Å². The molecule has 31 heavy (non-hydrogen) atoms. The van der Waals surface area contributed by atoms with E-state index in [1.54, 1.807) is 0 Å². The second kappa shape index (κ2) is 7.51. The Morgan fingerprint density at radius 3 is 2.16 bits per heavy atom. The summed E-state index contributed by atoms with van der Waals surface area (Å²) in [6.07, 6.45) is 4.23. The van der Waals surface area contributed by atoms with Crippen LogP contribution >= 0.6 is 0 Å². The summed E-state index contributed by atoms with van der Waals surface area (Å²) in [4.78, 5) is 0. The van der Waals surface area contributed by atoms with Gasteiger partial charge in [-0.1, -0.05) is 84.9 Å². The van der Waals surface area contributed by atoms with Gasteiger partial charge in [-0.05, 0) is 80.3 Å². The molecule has 1 aliphatic rings. The Kier molecular flexibility index (Phi) is 4.51. The monoisotopic (exact) mass is 402 g/mol. The molecule has 0 bridgehead atoms. The zero-order valence-electron chi connectivity index (χ0n) is 17.6. The summed E-state index contributed by atoms with van der Waals surface area (Å²) in [5.74, 6) is 0.394. The van der Waals surface area contributed by atoms with E-state index in [9.17, 15) is 5.11 Å². The topological polar surface area (TPSA) is 20.2 Å². The minimum Gasteiger partial charge on any atom is -0.396 e. The van der Waals surface area contributed by atoms with E-state index in [-0.39, 0.29) is 6.61 Å². The van der Waals surface area contributed by atoms with E-state index >= 15 is 0 Å². The molecule has 0 saturated carbocycles. The van der Waals surface area contributed by atoms with Crippen LogP contribution in [-0.2, 0) is 12.8 Å². The van der Waals surface area contributed by atoms with Crippen LogP contribution in [0.25, 0.3) is 32.3 Å². The van der Waals surface area contributed by atoms with Crippen LogP contribution in [0.15, 0.2) is 84.9 Å². The Morgan fingerprint density at radius 2 is 1.32 bits per heavy atom. The van der Waals surface area contributed by atoms with Crippen LogP contribution in [0.4, 0.5) is 0 Å². The molecule has 0 radical (unpaired) electrons. The van der Waals surface area contributed by atoms with Gasteiger partial charge in [0.1, 0.15) is 0 Å². The number of aliphatic hydroxyl groups excluding tert-OH is 1. The van der Waals surface area contributed by atoms with Crippen LogP contribution in [0.3, 0.4) is 0 Å². The lowest BCUT2D eigenvalue weighted by Crippen LogP contribution is -2.14. The normalized spacial score (nSPS) is 16.1. The second-order valence-corrected chi connectivity index (χ2v) is 8.79. The zero-order valence-corrected chi connectivity index (χ0v) is 17.6. The Bertz CT molecular complexity index is 1430. The van der Waals surface area contributed by atoms with Gasteiger partial charge in [0.05, 0.1) is 0 Å². The fourth-order valence-electron chi connectivity index (χ4n) is 5.80. The number of aliphatic hydroxyl groups is 1. The predicted octanol–water partition coefficient (Wildman–Crippen LogP) is 7.15. The smallest absolute Gasteiger partial charge is 0.0471 e. The first-order chi connectivity index (χ1) is 15.3. The molecule has 0 heterocycles. The summed E-state index contributed by atoms with van der Waals surface area (Å²) >= 11 is 0. The summed E-state index contributed by atoms with van der Waals surface area (Å²) in [6, 6.07) is 31.2. The Labute approximate surface area is 183 Å². The summed E-state index contributed by atoms with van der Waals surface area (Å²) in [7, 11) is 0. The SMILES string of the molecule is OCCc1c(C2CCCc3c2ccc2c3ccc3ccccc32)ccc2ccccc12. The Hall–Kier alpha value is -3.16. The maximum absolute atomic E-state index is 9.84. The lowest BCUT2D eigenvalue weighted by atomic mass is 9.75. The highest BCUT2D eigenvalue weighted by Crippen LogP contribution is 2.43. The molecule has 1 unspecified atom stereocenters. The predicted molar refractivity (Wildman–Crippen MR) is 131 cm³/mol. The average molecular weight is 403 g/mol. The Morgan fingerprint density at radius 1 is 0.645 bits per heavy atom. The van der Waals surface area contributed by atoms with Crippen molar-refractivity contribution in [2.45, 2.75) is 31.6 Å². The molecule has 1 nitrogen and oxygen atoms in total. The third kappa shape index (κ3) is 2.96. The molecular weight excluding hydrogens is 376 g/mol. The van der Waals surface area contributed by atoms with Gasteiger partial charge in [-0.3, -0.25) is 0 Å². The van der Waals surface area contributed by atoms with Crippen molar-refractivity contribution in [1.82, 2.24) is 0 Å². The lowest BCUT2D eigenvalue weighted by Gasteiger charge is -2.29. The van der Waals surface area contributed by atoms with E-state index < -0.39 is 0 Å². The summed E-state index contributed by atoms with van der Waals surface area (Å²) in [5, 5.41) is 17.8. The van der Waals surface area contributed by atoms with Crippen molar-refractivity contribution in [2.75, 3.05) is 6.61 Å². The molecule has 5 aromatic carbocycles. The van der Waals surface area contributed by atoms with Crippen molar-refractivity contribution in [3.63, 3.8) is 0 Å². The van der Waals surface area contributed by atoms with Crippen LogP contribution in [-0.4, -0.2) is 11.7 Å². The fraction of sp³-hybridized carbons (Fsp3) is 0.200. The highest BCUT2D eigenvalue weighted by molar-refractivity contribution is 6.08. The zero-order chi connectivity index (χ0) is 20.8. The van der Waals surface area contributed by atoms with Crippen LogP contribution in [0.2, 0.25) is 0 Å². The minimum absolute atomic E-state index is 0.185.